The first-order valence-electron chi connectivity index (χ1n) is 9.97. The molecule has 2 saturated heterocycles. The summed E-state index contributed by atoms with van der Waals surface area (Å²) in [5, 5.41) is 13.9. The highest BCUT2D eigenvalue weighted by atomic mass is 16.3. The van der Waals surface area contributed by atoms with Crippen molar-refractivity contribution in [1.82, 2.24) is 15.1 Å². The fourth-order valence-electron chi connectivity index (χ4n) is 3.93. The summed E-state index contributed by atoms with van der Waals surface area (Å²) in [6.07, 6.45) is 1.68. The van der Waals surface area contributed by atoms with E-state index in [1.807, 2.05) is 4.90 Å². The predicted molar refractivity (Wildman–Crippen MR) is 104 cm³/mol. The van der Waals surface area contributed by atoms with E-state index in [4.69, 9.17) is 0 Å². The molecule has 1 atom stereocenters. The van der Waals surface area contributed by atoms with Crippen molar-refractivity contribution < 1.29 is 14.7 Å². The van der Waals surface area contributed by atoms with Crippen LogP contribution < -0.4 is 5.32 Å². The van der Waals surface area contributed by atoms with Crippen LogP contribution in [0.25, 0.3) is 0 Å². The van der Waals surface area contributed by atoms with Crippen LogP contribution in [0, 0.1) is 0 Å². The van der Waals surface area contributed by atoms with Crippen molar-refractivity contribution in [1.29, 1.82) is 0 Å². The fourth-order valence-corrected chi connectivity index (χ4v) is 3.93. The van der Waals surface area contributed by atoms with Crippen LogP contribution in [0.2, 0.25) is 0 Å². The monoisotopic (exact) mass is 373 g/mol. The quantitative estimate of drug-likeness (QED) is 0.820. The Morgan fingerprint density at radius 1 is 1.15 bits per heavy atom. The molecule has 6 heteroatoms. The van der Waals surface area contributed by atoms with Gasteiger partial charge in [0, 0.05) is 45.7 Å². The van der Waals surface area contributed by atoms with Gasteiger partial charge < -0.3 is 15.3 Å². The van der Waals surface area contributed by atoms with Crippen LogP contribution in [-0.2, 0) is 16.1 Å². The lowest BCUT2D eigenvalue weighted by molar-refractivity contribution is -0.160. The van der Waals surface area contributed by atoms with E-state index >= 15 is 0 Å². The molecule has 3 rings (SSSR count). The first-order valence-corrected chi connectivity index (χ1v) is 9.97. The van der Waals surface area contributed by atoms with Gasteiger partial charge >= 0.3 is 0 Å². The molecule has 2 N–H and O–H groups in total. The van der Waals surface area contributed by atoms with E-state index in [2.05, 4.69) is 43.4 Å². The molecule has 2 aliphatic heterocycles. The highest BCUT2D eigenvalue weighted by Gasteiger charge is 2.43. The standard InChI is InChI=1S/C21H31N3O3/c1-16(2)18-6-4-17(5-7-18)14-24-11-3-9-21(27,20(24)26)15-23-12-8-19(25)22-10-13-23/h4-7,16,27H,3,8-15H2,1-2H3,(H,22,25)/t21-/m1/s1. The number of benzene rings is 1. The smallest absolute Gasteiger partial charge is 0.256 e. The molecule has 2 heterocycles. The van der Waals surface area contributed by atoms with Crippen LogP contribution in [-0.4, -0.2) is 65.0 Å². The minimum Gasteiger partial charge on any atom is -0.379 e. The Morgan fingerprint density at radius 3 is 2.59 bits per heavy atom. The third-order valence-electron chi connectivity index (χ3n) is 5.61. The number of nitrogens with zero attached hydrogens (tertiary/aromatic N) is 2. The van der Waals surface area contributed by atoms with Gasteiger partial charge in [0.1, 0.15) is 0 Å². The number of amides is 2. The summed E-state index contributed by atoms with van der Waals surface area (Å²) in [4.78, 5) is 28.3. The molecule has 2 fully saturated rings. The van der Waals surface area contributed by atoms with Gasteiger partial charge in [0.2, 0.25) is 5.91 Å². The predicted octanol–water partition coefficient (Wildman–Crippen LogP) is 1.49. The molecule has 27 heavy (non-hydrogen) atoms. The van der Waals surface area contributed by atoms with Gasteiger partial charge in [-0.05, 0) is 29.9 Å². The van der Waals surface area contributed by atoms with E-state index in [-0.39, 0.29) is 11.8 Å². The molecular weight excluding hydrogens is 342 g/mol. The topological polar surface area (TPSA) is 72.9 Å². The number of piperidine rings is 1. The minimum atomic E-state index is -1.36. The number of aliphatic hydroxyl groups is 1. The highest BCUT2D eigenvalue weighted by molar-refractivity contribution is 5.86. The van der Waals surface area contributed by atoms with Gasteiger partial charge in [0.05, 0.1) is 0 Å². The third kappa shape index (κ3) is 4.87. The molecular formula is C21H31N3O3. The van der Waals surface area contributed by atoms with Gasteiger partial charge in [0.15, 0.2) is 5.60 Å². The maximum atomic E-state index is 13.0. The summed E-state index contributed by atoms with van der Waals surface area (Å²) in [6, 6.07) is 8.37. The Kier molecular flexibility index (Phi) is 6.17. The van der Waals surface area contributed by atoms with Gasteiger partial charge in [-0.3, -0.25) is 14.5 Å². The van der Waals surface area contributed by atoms with Crippen molar-refractivity contribution in [3.63, 3.8) is 0 Å². The van der Waals surface area contributed by atoms with E-state index < -0.39 is 5.60 Å². The van der Waals surface area contributed by atoms with Crippen LogP contribution in [0.4, 0.5) is 0 Å². The molecule has 0 unspecified atom stereocenters. The molecule has 2 aliphatic rings. The molecule has 0 radical (unpaired) electrons. The average Bonchev–Trinajstić information content (AvgIpc) is 2.84. The highest BCUT2D eigenvalue weighted by Crippen LogP contribution is 2.26. The van der Waals surface area contributed by atoms with Crippen LogP contribution >= 0.6 is 0 Å². The zero-order chi connectivity index (χ0) is 19.4. The van der Waals surface area contributed by atoms with Crippen LogP contribution in [0.3, 0.4) is 0 Å². The second-order valence-electron chi connectivity index (χ2n) is 8.13. The first-order chi connectivity index (χ1) is 12.9. The lowest BCUT2D eigenvalue weighted by atomic mass is 9.90. The maximum Gasteiger partial charge on any atom is 0.256 e. The van der Waals surface area contributed by atoms with Crippen molar-refractivity contribution in [2.24, 2.45) is 0 Å². The molecule has 0 aromatic heterocycles. The van der Waals surface area contributed by atoms with Crippen molar-refractivity contribution in [3.8, 4) is 0 Å². The Hall–Kier alpha value is -1.92. The first kappa shape index (κ1) is 19.8. The molecule has 0 bridgehead atoms. The number of β-amino-alcohol motifs (C(OH)–C–C–N with tert-alkyl or cyclic N) is 1. The summed E-state index contributed by atoms with van der Waals surface area (Å²) in [5.74, 6) is 0.326. The Balaban J connectivity index is 1.64. The molecule has 1 aromatic rings. The lowest BCUT2D eigenvalue weighted by Crippen LogP contribution is -2.58. The van der Waals surface area contributed by atoms with Crippen LogP contribution in [0.5, 0.6) is 0 Å². The number of hydrogen-bond acceptors (Lipinski definition) is 4. The van der Waals surface area contributed by atoms with Crippen molar-refractivity contribution in [2.75, 3.05) is 32.7 Å². The summed E-state index contributed by atoms with van der Waals surface area (Å²) < 4.78 is 0. The lowest BCUT2D eigenvalue weighted by Gasteiger charge is -2.40. The average molecular weight is 373 g/mol. The molecule has 0 aliphatic carbocycles. The van der Waals surface area contributed by atoms with Crippen LogP contribution in [0.1, 0.15) is 50.2 Å². The zero-order valence-electron chi connectivity index (χ0n) is 16.4. The summed E-state index contributed by atoms with van der Waals surface area (Å²) >= 11 is 0. The van der Waals surface area contributed by atoms with Gasteiger partial charge in [-0.2, -0.15) is 0 Å². The second-order valence-corrected chi connectivity index (χ2v) is 8.13. The Morgan fingerprint density at radius 2 is 1.89 bits per heavy atom. The number of carbonyl (C=O) groups is 2. The largest absolute Gasteiger partial charge is 0.379 e. The normalized spacial score (nSPS) is 24.8. The summed E-state index contributed by atoms with van der Waals surface area (Å²) in [5.41, 5.74) is 1.01. The molecule has 0 spiro atoms. The van der Waals surface area contributed by atoms with Crippen molar-refractivity contribution >= 4 is 11.8 Å². The number of rotatable bonds is 5. The van der Waals surface area contributed by atoms with E-state index in [9.17, 15) is 14.7 Å². The Bertz CT molecular complexity index is 674. The molecule has 148 valence electrons. The number of hydrogen-bond donors (Lipinski definition) is 2. The van der Waals surface area contributed by atoms with E-state index in [0.29, 0.717) is 58.0 Å². The fraction of sp³-hybridized carbons (Fsp3) is 0.619. The third-order valence-corrected chi connectivity index (χ3v) is 5.61. The van der Waals surface area contributed by atoms with Gasteiger partial charge in [0.25, 0.3) is 5.91 Å². The van der Waals surface area contributed by atoms with E-state index in [1.54, 1.807) is 4.90 Å². The zero-order valence-corrected chi connectivity index (χ0v) is 16.4. The number of nitrogens with one attached hydrogen (secondary N) is 1. The minimum absolute atomic E-state index is 0.0333. The summed E-state index contributed by atoms with van der Waals surface area (Å²) in [7, 11) is 0. The Labute approximate surface area is 161 Å². The van der Waals surface area contributed by atoms with Crippen molar-refractivity contribution in [3.05, 3.63) is 35.4 Å². The molecule has 1 aromatic carbocycles. The van der Waals surface area contributed by atoms with Gasteiger partial charge in [-0.25, -0.2) is 0 Å². The van der Waals surface area contributed by atoms with Gasteiger partial charge in [-0.15, -0.1) is 0 Å². The number of carbonyl (C=O) groups excluding carboxylic acids is 2. The molecule has 0 saturated carbocycles. The molecule has 6 nitrogen and oxygen atoms in total. The van der Waals surface area contributed by atoms with E-state index in [0.717, 1.165) is 12.0 Å². The summed E-state index contributed by atoms with van der Waals surface area (Å²) in [6.45, 7) is 7.63. The maximum absolute atomic E-state index is 13.0. The number of likely N-dealkylation sites (tertiary alicyclic amines) is 1. The van der Waals surface area contributed by atoms with Crippen LogP contribution in [0.15, 0.2) is 24.3 Å². The van der Waals surface area contributed by atoms with Gasteiger partial charge in [-0.1, -0.05) is 38.1 Å². The van der Waals surface area contributed by atoms with E-state index in [1.165, 1.54) is 5.56 Å². The van der Waals surface area contributed by atoms with Crippen molar-refractivity contribution in [2.45, 2.75) is 51.2 Å². The molecule has 2 amide bonds. The SMILES string of the molecule is CC(C)c1ccc(CN2CCC[C@@](O)(CN3CCNC(=O)CC3)C2=O)cc1. The second kappa shape index (κ2) is 8.40.